The molecule has 2 aromatic rings. The van der Waals surface area contributed by atoms with Crippen molar-refractivity contribution in [1.82, 2.24) is 9.80 Å². The first-order valence-corrected chi connectivity index (χ1v) is 10.5. The molecule has 1 fully saturated rings. The lowest BCUT2D eigenvalue weighted by Gasteiger charge is -2.37. The lowest BCUT2D eigenvalue weighted by atomic mass is 10.0. The number of Topliss-reactive ketones (excluding diaryl/α,β-unsaturated/α-hetero) is 1. The first-order chi connectivity index (χ1) is 14.9. The summed E-state index contributed by atoms with van der Waals surface area (Å²) in [5.74, 6) is 1.64. The van der Waals surface area contributed by atoms with Crippen molar-refractivity contribution >= 4 is 17.4 Å². The zero-order chi connectivity index (χ0) is 22.4. The Kier molecular flexibility index (Phi) is 7.65. The van der Waals surface area contributed by atoms with Crippen LogP contribution in [0, 0.1) is 0 Å². The second-order valence-corrected chi connectivity index (χ2v) is 7.79. The number of carbonyl (C=O) groups is 2. The van der Waals surface area contributed by atoms with Crippen molar-refractivity contribution in [2.75, 3.05) is 45.7 Å². The van der Waals surface area contributed by atoms with Crippen LogP contribution >= 0.6 is 0 Å². The van der Waals surface area contributed by atoms with Crippen LogP contribution in [-0.4, -0.2) is 67.9 Å². The van der Waals surface area contributed by atoms with Crippen LogP contribution in [0.25, 0.3) is 0 Å². The van der Waals surface area contributed by atoms with Gasteiger partial charge >= 0.3 is 0 Å². The third kappa shape index (κ3) is 5.83. The molecule has 1 heterocycles. The van der Waals surface area contributed by atoms with Gasteiger partial charge in [-0.3, -0.25) is 19.4 Å². The van der Waals surface area contributed by atoms with Gasteiger partial charge in [-0.2, -0.15) is 0 Å². The van der Waals surface area contributed by atoms with E-state index in [2.05, 4.69) is 15.1 Å². The Balaban J connectivity index is 1.56. The van der Waals surface area contributed by atoms with E-state index in [1.807, 2.05) is 25.1 Å². The number of hydrogen-bond acceptors (Lipinski definition) is 6. The quantitative estimate of drug-likeness (QED) is 0.656. The first kappa shape index (κ1) is 22.8. The largest absolute Gasteiger partial charge is 0.497 e. The van der Waals surface area contributed by atoms with Crippen molar-refractivity contribution in [3.8, 4) is 11.5 Å². The summed E-state index contributed by atoms with van der Waals surface area (Å²) in [6.45, 7) is 7.60. The smallest absolute Gasteiger partial charge is 0.221 e. The van der Waals surface area contributed by atoms with E-state index in [-0.39, 0.29) is 17.7 Å². The summed E-state index contributed by atoms with van der Waals surface area (Å²) in [7, 11) is 3.34. The van der Waals surface area contributed by atoms with E-state index in [0.29, 0.717) is 11.3 Å². The highest BCUT2D eigenvalue weighted by Crippen LogP contribution is 2.26. The first-order valence-electron chi connectivity index (χ1n) is 10.5. The van der Waals surface area contributed by atoms with Gasteiger partial charge in [-0.15, -0.1) is 0 Å². The maximum Gasteiger partial charge on any atom is 0.221 e. The molecule has 7 nitrogen and oxygen atoms in total. The second kappa shape index (κ2) is 10.4. The average Bonchev–Trinajstić information content (AvgIpc) is 2.78. The van der Waals surface area contributed by atoms with Crippen LogP contribution in [0.1, 0.15) is 29.8 Å². The number of piperazine rings is 1. The number of amides is 1. The molecule has 2 aromatic carbocycles. The van der Waals surface area contributed by atoms with Gasteiger partial charge in [0.2, 0.25) is 5.91 Å². The molecule has 3 rings (SSSR count). The average molecular weight is 426 g/mol. The van der Waals surface area contributed by atoms with Crippen molar-refractivity contribution in [3.63, 3.8) is 0 Å². The zero-order valence-corrected chi connectivity index (χ0v) is 18.7. The molecule has 1 atom stereocenters. The molecule has 0 saturated carbocycles. The molecular weight excluding hydrogens is 394 g/mol. The molecule has 1 aliphatic heterocycles. The maximum atomic E-state index is 12.9. The number of nitrogens with one attached hydrogen (secondary N) is 1. The van der Waals surface area contributed by atoms with Crippen molar-refractivity contribution in [2.24, 2.45) is 0 Å². The van der Waals surface area contributed by atoms with E-state index in [4.69, 9.17) is 9.47 Å². The second-order valence-electron chi connectivity index (χ2n) is 7.79. The molecule has 0 bridgehead atoms. The summed E-state index contributed by atoms with van der Waals surface area (Å²) in [6.07, 6.45) is 0. The Morgan fingerprint density at radius 1 is 1.00 bits per heavy atom. The highest BCUT2D eigenvalue weighted by atomic mass is 16.5. The van der Waals surface area contributed by atoms with Crippen LogP contribution in [0.2, 0.25) is 0 Å². The minimum Gasteiger partial charge on any atom is -0.497 e. The standard InChI is InChI=1S/C24H31N3O4/c1-17(24(29)19-5-7-21(8-6-19)25-18(2)28)27-13-11-26(12-14-27)16-20-15-22(30-3)9-10-23(20)31-4/h5-10,15,17H,11-14,16H2,1-4H3,(H,25,28). The molecule has 166 valence electrons. The van der Waals surface area contributed by atoms with Gasteiger partial charge in [0.15, 0.2) is 5.78 Å². The fourth-order valence-electron chi connectivity index (χ4n) is 3.88. The molecule has 0 radical (unpaired) electrons. The summed E-state index contributed by atoms with van der Waals surface area (Å²) in [5, 5.41) is 2.72. The normalized spacial score (nSPS) is 15.9. The number of nitrogens with zero attached hydrogens (tertiary/aromatic N) is 2. The highest BCUT2D eigenvalue weighted by Gasteiger charge is 2.26. The van der Waals surface area contributed by atoms with Crippen molar-refractivity contribution in [3.05, 3.63) is 53.6 Å². The van der Waals surface area contributed by atoms with Crippen LogP contribution in [0.3, 0.4) is 0 Å². The third-order valence-electron chi connectivity index (χ3n) is 5.71. The van der Waals surface area contributed by atoms with Crippen molar-refractivity contribution in [1.29, 1.82) is 0 Å². The molecule has 0 aliphatic carbocycles. The molecule has 31 heavy (non-hydrogen) atoms. The van der Waals surface area contributed by atoms with Crippen molar-refractivity contribution < 1.29 is 19.1 Å². The number of methoxy groups -OCH3 is 2. The van der Waals surface area contributed by atoms with Crippen LogP contribution in [0.15, 0.2) is 42.5 Å². The molecule has 1 N–H and O–H groups in total. The van der Waals surface area contributed by atoms with Crippen LogP contribution in [-0.2, 0) is 11.3 Å². The monoisotopic (exact) mass is 425 g/mol. The van der Waals surface area contributed by atoms with E-state index >= 15 is 0 Å². The third-order valence-corrected chi connectivity index (χ3v) is 5.71. The molecule has 1 saturated heterocycles. The summed E-state index contributed by atoms with van der Waals surface area (Å²) < 4.78 is 10.8. The topological polar surface area (TPSA) is 71.1 Å². The number of ether oxygens (including phenoxy) is 2. The molecule has 0 spiro atoms. The minimum absolute atomic E-state index is 0.0947. The number of hydrogen-bond donors (Lipinski definition) is 1. The predicted octanol–water partition coefficient (Wildman–Crippen LogP) is 3.05. The Morgan fingerprint density at radius 3 is 2.26 bits per heavy atom. The summed E-state index contributed by atoms with van der Waals surface area (Å²) in [4.78, 5) is 28.7. The minimum atomic E-state index is -0.194. The van der Waals surface area contributed by atoms with Crippen LogP contribution < -0.4 is 14.8 Å². The number of carbonyl (C=O) groups excluding carboxylic acids is 2. The Labute approximate surface area is 183 Å². The van der Waals surface area contributed by atoms with E-state index in [9.17, 15) is 9.59 Å². The van der Waals surface area contributed by atoms with E-state index in [1.54, 1.807) is 38.5 Å². The van der Waals surface area contributed by atoms with Gasteiger partial charge < -0.3 is 14.8 Å². The highest BCUT2D eigenvalue weighted by molar-refractivity contribution is 6.00. The van der Waals surface area contributed by atoms with E-state index in [1.165, 1.54) is 6.92 Å². The summed E-state index contributed by atoms with van der Waals surface area (Å²) in [6, 6.07) is 12.7. The summed E-state index contributed by atoms with van der Waals surface area (Å²) in [5.41, 5.74) is 2.45. The van der Waals surface area contributed by atoms with Gasteiger partial charge in [-0.05, 0) is 49.4 Å². The Morgan fingerprint density at radius 2 is 1.68 bits per heavy atom. The van der Waals surface area contributed by atoms with Gasteiger partial charge in [0.25, 0.3) is 0 Å². The number of anilines is 1. The molecule has 7 heteroatoms. The Bertz CT molecular complexity index is 906. The van der Waals surface area contributed by atoms with Gasteiger partial charge in [-0.25, -0.2) is 0 Å². The fourth-order valence-corrected chi connectivity index (χ4v) is 3.88. The number of ketones is 1. The predicted molar refractivity (Wildman–Crippen MR) is 121 cm³/mol. The lowest BCUT2D eigenvalue weighted by Crippen LogP contribution is -2.51. The van der Waals surface area contributed by atoms with Crippen LogP contribution in [0.4, 0.5) is 5.69 Å². The van der Waals surface area contributed by atoms with E-state index in [0.717, 1.165) is 49.8 Å². The van der Waals surface area contributed by atoms with Crippen LogP contribution in [0.5, 0.6) is 11.5 Å². The van der Waals surface area contributed by atoms with Gasteiger partial charge in [0.05, 0.1) is 20.3 Å². The van der Waals surface area contributed by atoms with Gasteiger partial charge in [-0.1, -0.05) is 0 Å². The molecule has 0 aromatic heterocycles. The summed E-state index contributed by atoms with van der Waals surface area (Å²) >= 11 is 0. The lowest BCUT2D eigenvalue weighted by molar-refractivity contribution is -0.114. The zero-order valence-electron chi connectivity index (χ0n) is 18.7. The molecule has 1 amide bonds. The van der Waals surface area contributed by atoms with Crippen molar-refractivity contribution in [2.45, 2.75) is 26.4 Å². The SMILES string of the molecule is COc1ccc(OC)c(CN2CCN(C(C)C(=O)c3ccc(NC(C)=O)cc3)CC2)c1. The number of benzene rings is 2. The molecular formula is C24H31N3O4. The van der Waals surface area contributed by atoms with Gasteiger partial charge in [0, 0.05) is 56.5 Å². The van der Waals surface area contributed by atoms with E-state index < -0.39 is 0 Å². The van der Waals surface area contributed by atoms with Gasteiger partial charge in [0.1, 0.15) is 11.5 Å². The Hall–Kier alpha value is -2.90. The molecule has 1 aliphatic rings. The molecule has 1 unspecified atom stereocenters. The number of rotatable bonds is 8. The fraction of sp³-hybridized carbons (Fsp3) is 0.417. The maximum absolute atomic E-state index is 12.9.